The molecule has 0 spiro atoms. The van der Waals surface area contributed by atoms with E-state index in [1.54, 1.807) is 6.92 Å². The Morgan fingerprint density at radius 2 is 2.20 bits per heavy atom. The fourth-order valence-corrected chi connectivity index (χ4v) is 0. The van der Waals surface area contributed by atoms with Crippen LogP contribution in [0.4, 0.5) is 0 Å². The highest BCUT2D eigenvalue weighted by atomic mass is 32.4. The van der Waals surface area contributed by atoms with Crippen molar-refractivity contribution in [2.45, 2.75) is 6.92 Å². The monoisotopic (exact) mass is 106 g/mol. The molecule has 0 aromatic heterocycles. The molecular formula is C2H6OSSi. The molecule has 1 nitrogen and oxygen atoms in total. The Bertz CT molecular complexity index is 44.9. The third kappa shape index (κ3) is 4.24. The molecule has 0 aliphatic rings. The molecule has 0 aliphatic heterocycles. The van der Waals surface area contributed by atoms with Crippen LogP contribution in [0.15, 0.2) is 0 Å². The van der Waals surface area contributed by atoms with Gasteiger partial charge in [0.2, 0.25) is 0 Å². The summed E-state index contributed by atoms with van der Waals surface area (Å²) >= 11 is 1.38. The van der Waals surface area contributed by atoms with E-state index in [4.69, 9.17) is 0 Å². The van der Waals surface area contributed by atoms with E-state index in [0.29, 0.717) is 0 Å². The Balaban J connectivity index is 2.85. The van der Waals surface area contributed by atoms with Gasteiger partial charge in [-0.1, -0.05) is 0 Å². The van der Waals surface area contributed by atoms with Gasteiger partial charge in [0.05, 0.1) is 9.39 Å². The number of hydrogen-bond donors (Lipinski definition) is 0. The van der Waals surface area contributed by atoms with Gasteiger partial charge in [0.1, 0.15) is 0 Å². The van der Waals surface area contributed by atoms with Crippen molar-refractivity contribution >= 4 is 25.7 Å². The molecule has 3 heteroatoms. The standard InChI is InChI=1S/C2H6OSSi/c1-2(3)4-5/h1,5H3. The first kappa shape index (κ1) is 5.24. The first-order valence-electron chi connectivity index (χ1n) is 1.32. The van der Waals surface area contributed by atoms with Gasteiger partial charge in [-0.2, -0.15) is 0 Å². The average Bonchev–Trinajstić information content (AvgIpc) is 1.38. The van der Waals surface area contributed by atoms with Gasteiger partial charge in [-0.05, 0) is 0 Å². The molecule has 30 valence electrons. The average molecular weight is 106 g/mol. The summed E-state index contributed by atoms with van der Waals surface area (Å²) in [5, 5.41) is 0.233. The van der Waals surface area contributed by atoms with Gasteiger partial charge in [-0.15, -0.1) is 11.2 Å². The topological polar surface area (TPSA) is 17.1 Å². The Hall–Kier alpha value is 0.237. The lowest BCUT2D eigenvalue weighted by Crippen LogP contribution is -1.73. The summed E-state index contributed by atoms with van der Waals surface area (Å²) in [6.07, 6.45) is 0. The number of carbonyl (C=O) groups excluding carboxylic acids is 1. The fourth-order valence-electron chi connectivity index (χ4n) is 0. The maximum Gasteiger partial charge on any atom is 0.179 e. The maximum absolute atomic E-state index is 9.81. The minimum atomic E-state index is 0.233. The van der Waals surface area contributed by atoms with Crippen molar-refractivity contribution in [1.82, 2.24) is 0 Å². The number of hydrogen-bond acceptors (Lipinski definition) is 2. The van der Waals surface area contributed by atoms with Gasteiger partial charge >= 0.3 is 0 Å². The predicted molar refractivity (Wildman–Crippen MR) is 28.2 cm³/mol. The van der Waals surface area contributed by atoms with E-state index in [0.717, 1.165) is 9.39 Å². The van der Waals surface area contributed by atoms with Crippen molar-refractivity contribution in [2.75, 3.05) is 0 Å². The zero-order valence-electron chi connectivity index (χ0n) is 3.32. The largest absolute Gasteiger partial charge is 0.288 e. The second kappa shape index (κ2) is 2.47. The van der Waals surface area contributed by atoms with E-state index in [2.05, 4.69) is 0 Å². The zero-order valence-corrected chi connectivity index (χ0v) is 6.13. The van der Waals surface area contributed by atoms with Crippen molar-refractivity contribution in [2.24, 2.45) is 0 Å². The van der Waals surface area contributed by atoms with E-state index in [-0.39, 0.29) is 5.12 Å². The molecule has 0 heterocycles. The van der Waals surface area contributed by atoms with Crippen LogP contribution in [0.3, 0.4) is 0 Å². The Morgan fingerprint density at radius 1 is 2.00 bits per heavy atom. The molecule has 0 bridgehead atoms. The summed E-state index contributed by atoms with van der Waals surface area (Å²) in [5.41, 5.74) is 0. The van der Waals surface area contributed by atoms with Crippen LogP contribution in [-0.2, 0) is 4.79 Å². The van der Waals surface area contributed by atoms with Gasteiger partial charge in [-0.3, -0.25) is 4.79 Å². The van der Waals surface area contributed by atoms with Gasteiger partial charge in [-0.25, -0.2) is 0 Å². The summed E-state index contributed by atoms with van der Waals surface area (Å²) in [6.45, 7) is 1.58. The van der Waals surface area contributed by atoms with Crippen molar-refractivity contribution < 1.29 is 4.79 Å². The Labute approximate surface area is 38.2 Å². The molecule has 0 radical (unpaired) electrons. The smallest absolute Gasteiger partial charge is 0.179 e. The van der Waals surface area contributed by atoms with Crippen molar-refractivity contribution in [3.63, 3.8) is 0 Å². The highest BCUT2D eigenvalue weighted by molar-refractivity contribution is 8.31. The Kier molecular flexibility index (Phi) is 2.59. The number of rotatable bonds is 0. The lowest BCUT2D eigenvalue weighted by Gasteiger charge is -1.72. The molecule has 0 fully saturated rings. The lowest BCUT2D eigenvalue weighted by atomic mass is 10.9. The SMILES string of the molecule is CC(=O)S[SiH3]. The zero-order chi connectivity index (χ0) is 4.28. The minimum Gasteiger partial charge on any atom is -0.288 e. The lowest BCUT2D eigenvalue weighted by molar-refractivity contribution is -0.109. The summed E-state index contributed by atoms with van der Waals surface area (Å²) < 4.78 is 0. The molecule has 0 saturated heterocycles. The van der Waals surface area contributed by atoms with E-state index in [1.807, 2.05) is 0 Å². The molecular weight excluding hydrogens is 100 g/mol. The van der Waals surface area contributed by atoms with Gasteiger partial charge in [0.25, 0.3) is 0 Å². The molecule has 0 unspecified atom stereocenters. The van der Waals surface area contributed by atoms with Crippen molar-refractivity contribution in [3.05, 3.63) is 0 Å². The van der Waals surface area contributed by atoms with E-state index >= 15 is 0 Å². The first-order valence-corrected chi connectivity index (χ1v) is 4.99. The molecule has 0 atom stereocenters. The summed E-state index contributed by atoms with van der Waals surface area (Å²) in [7, 11) is 0.941. The van der Waals surface area contributed by atoms with Crippen LogP contribution in [0.5, 0.6) is 0 Å². The predicted octanol–water partition coefficient (Wildman–Crippen LogP) is -0.454. The van der Waals surface area contributed by atoms with Gasteiger partial charge in [0.15, 0.2) is 5.12 Å². The minimum absolute atomic E-state index is 0.233. The molecule has 0 aromatic carbocycles. The molecule has 5 heavy (non-hydrogen) atoms. The molecule has 0 rings (SSSR count). The van der Waals surface area contributed by atoms with Crippen molar-refractivity contribution in [1.29, 1.82) is 0 Å². The highest BCUT2D eigenvalue weighted by Crippen LogP contribution is 1.86. The van der Waals surface area contributed by atoms with Crippen LogP contribution >= 0.6 is 11.2 Å². The summed E-state index contributed by atoms with van der Waals surface area (Å²) in [5.74, 6) is 0. The molecule has 0 saturated carbocycles. The van der Waals surface area contributed by atoms with Crippen LogP contribution in [0.25, 0.3) is 0 Å². The molecule has 0 N–H and O–H groups in total. The Morgan fingerprint density at radius 3 is 2.20 bits per heavy atom. The van der Waals surface area contributed by atoms with E-state index in [9.17, 15) is 4.79 Å². The normalized spacial score (nSPS) is 8.20. The molecule has 0 aromatic rings. The quantitative estimate of drug-likeness (QED) is 0.389. The van der Waals surface area contributed by atoms with Crippen LogP contribution < -0.4 is 0 Å². The third-order valence-corrected chi connectivity index (χ3v) is 2.59. The van der Waals surface area contributed by atoms with E-state index in [1.165, 1.54) is 11.2 Å². The highest BCUT2D eigenvalue weighted by Gasteiger charge is 1.76. The summed E-state index contributed by atoms with van der Waals surface area (Å²) in [4.78, 5) is 9.81. The summed E-state index contributed by atoms with van der Waals surface area (Å²) in [6, 6.07) is 0. The third-order valence-electron chi connectivity index (χ3n) is 0.287. The first-order chi connectivity index (χ1) is 2.27. The van der Waals surface area contributed by atoms with Crippen LogP contribution in [0.2, 0.25) is 0 Å². The second-order valence-electron chi connectivity index (χ2n) is 0.696. The van der Waals surface area contributed by atoms with Crippen LogP contribution in [0.1, 0.15) is 6.92 Å². The molecule has 0 aliphatic carbocycles. The maximum atomic E-state index is 9.81. The molecule has 0 amide bonds. The van der Waals surface area contributed by atoms with Gasteiger partial charge < -0.3 is 0 Å². The second-order valence-corrected chi connectivity index (χ2v) is 2.90. The van der Waals surface area contributed by atoms with Crippen LogP contribution in [0, 0.1) is 0 Å². The van der Waals surface area contributed by atoms with E-state index < -0.39 is 0 Å². The van der Waals surface area contributed by atoms with Crippen LogP contribution in [-0.4, -0.2) is 14.5 Å². The fraction of sp³-hybridized carbons (Fsp3) is 0.500. The van der Waals surface area contributed by atoms with Crippen molar-refractivity contribution in [3.8, 4) is 0 Å². The van der Waals surface area contributed by atoms with Gasteiger partial charge in [0, 0.05) is 6.92 Å². The number of carbonyl (C=O) groups is 1.